The first-order valence-corrected chi connectivity index (χ1v) is 6.66. The van der Waals surface area contributed by atoms with E-state index in [9.17, 15) is 4.79 Å². The number of hydrogen-bond donors (Lipinski definition) is 0. The summed E-state index contributed by atoms with van der Waals surface area (Å²) in [5, 5.41) is 0. The van der Waals surface area contributed by atoms with Gasteiger partial charge in [-0.05, 0) is 38.2 Å². The summed E-state index contributed by atoms with van der Waals surface area (Å²) >= 11 is 0. The Balaban J connectivity index is 2.07. The van der Waals surface area contributed by atoms with Crippen LogP contribution in [0.15, 0.2) is 24.3 Å². The second-order valence-corrected chi connectivity index (χ2v) is 5.34. The second-order valence-electron chi connectivity index (χ2n) is 5.34. The smallest absolute Gasteiger partial charge is 0.253 e. The quantitative estimate of drug-likeness (QED) is 0.826. The Morgan fingerprint density at radius 1 is 1.47 bits per heavy atom. The van der Waals surface area contributed by atoms with Crippen molar-refractivity contribution < 1.29 is 9.53 Å². The van der Waals surface area contributed by atoms with Gasteiger partial charge in [0.15, 0.2) is 0 Å². The van der Waals surface area contributed by atoms with Gasteiger partial charge in [0.1, 0.15) is 0 Å². The molecule has 1 amide bonds. The predicted octanol–water partition coefficient (Wildman–Crippen LogP) is 1.61. The number of likely N-dealkylation sites (tertiary alicyclic amines) is 1. The number of hydrogen-bond acceptors (Lipinski definition) is 3. The number of benzene rings is 1. The third-order valence-corrected chi connectivity index (χ3v) is 3.44. The van der Waals surface area contributed by atoms with E-state index in [1.54, 1.807) is 7.11 Å². The number of methoxy groups -OCH3 is 1. The molecule has 0 bridgehead atoms. The van der Waals surface area contributed by atoms with E-state index in [1.165, 1.54) is 5.56 Å². The maximum Gasteiger partial charge on any atom is 0.253 e. The number of carbonyl (C=O) groups excluding carboxylic acids is 1. The van der Waals surface area contributed by atoms with Gasteiger partial charge in [0.2, 0.25) is 0 Å². The molecular weight excluding hydrogens is 240 g/mol. The highest BCUT2D eigenvalue weighted by molar-refractivity contribution is 5.94. The average Bonchev–Trinajstić information content (AvgIpc) is 2.86. The highest BCUT2D eigenvalue weighted by Crippen LogP contribution is 2.16. The molecule has 0 spiro atoms. The summed E-state index contributed by atoms with van der Waals surface area (Å²) in [4.78, 5) is 16.4. The van der Waals surface area contributed by atoms with Crippen LogP contribution in [-0.2, 0) is 11.3 Å². The zero-order valence-corrected chi connectivity index (χ0v) is 11.9. The van der Waals surface area contributed by atoms with Gasteiger partial charge in [-0.1, -0.05) is 12.1 Å². The molecule has 1 fully saturated rings. The molecule has 0 radical (unpaired) electrons. The lowest BCUT2D eigenvalue weighted by Gasteiger charge is -2.17. The van der Waals surface area contributed by atoms with E-state index < -0.39 is 0 Å². The van der Waals surface area contributed by atoms with Crippen molar-refractivity contribution in [2.75, 3.05) is 34.3 Å². The van der Waals surface area contributed by atoms with Crippen LogP contribution in [0.25, 0.3) is 0 Å². The molecule has 1 aliphatic heterocycles. The van der Waals surface area contributed by atoms with Crippen LogP contribution in [-0.4, -0.2) is 56.1 Å². The largest absolute Gasteiger partial charge is 0.380 e. The van der Waals surface area contributed by atoms with Crippen LogP contribution in [0.2, 0.25) is 0 Å². The maximum atomic E-state index is 12.4. The molecule has 2 rings (SSSR count). The minimum atomic E-state index is 0.111. The molecule has 19 heavy (non-hydrogen) atoms. The molecule has 4 heteroatoms. The summed E-state index contributed by atoms with van der Waals surface area (Å²) in [6.45, 7) is 2.34. The maximum absolute atomic E-state index is 12.4. The van der Waals surface area contributed by atoms with Gasteiger partial charge < -0.3 is 14.5 Å². The van der Waals surface area contributed by atoms with E-state index in [1.807, 2.05) is 37.2 Å². The lowest BCUT2D eigenvalue weighted by atomic mass is 10.1. The molecule has 1 aromatic rings. The first kappa shape index (κ1) is 14.0. The van der Waals surface area contributed by atoms with Crippen molar-refractivity contribution in [3.8, 4) is 0 Å². The topological polar surface area (TPSA) is 32.8 Å². The van der Waals surface area contributed by atoms with Crippen LogP contribution < -0.4 is 0 Å². The highest BCUT2D eigenvalue weighted by atomic mass is 16.5. The molecule has 0 saturated carbocycles. The van der Waals surface area contributed by atoms with Crippen LogP contribution in [0, 0.1) is 0 Å². The molecule has 1 aliphatic rings. The van der Waals surface area contributed by atoms with Crippen molar-refractivity contribution in [2.45, 2.75) is 19.1 Å². The molecule has 0 unspecified atom stereocenters. The number of nitrogens with zero attached hydrogens (tertiary/aromatic N) is 2. The third-order valence-electron chi connectivity index (χ3n) is 3.44. The number of rotatable bonds is 4. The predicted molar refractivity (Wildman–Crippen MR) is 75.2 cm³/mol. The standard InChI is InChI=1S/C15H22N2O2/c1-16(2)10-12-5-4-6-13(9-12)15(18)17-8-7-14(11-17)19-3/h4-6,9,14H,7-8,10-11H2,1-3H3/t14-/m0/s1. The fourth-order valence-corrected chi connectivity index (χ4v) is 2.46. The lowest BCUT2D eigenvalue weighted by molar-refractivity contribution is 0.0724. The first-order chi connectivity index (χ1) is 9.10. The van der Waals surface area contributed by atoms with Crippen LogP contribution in [0.3, 0.4) is 0 Å². The van der Waals surface area contributed by atoms with Crippen LogP contribution >= 0.6 is 0 Å². The van der Waals surface area contributed by atoms with Crippen molar-refractivity contribution in [1.29, 1.82) is 0 Å². The summed E-state index contributed by atoms with van der Waals surface area (Å²) in [5.41, 5.74) is 1.94. The van der Waals surface area contributed by atoms with Gasteiger partial charge in [-0.15, -0.1) is 0 Å². The molecule has 1 heterocycles. The molecule has 104 valence electrons. The summed E-state index contributed by atoms with van der Waals surface area (Å²) in [6, 6.07) is 7.89. The number of carbonyl (C=O) groups is 1. The van der Waals surface area contributed by atoms with E-state index in [4.69, 9.17) is 4.74 Å². The van der Waals surface area contributed by atoms with Crippen molar-refractivity contribution >= 4 is 5.91 Å². The second kappa shape index (κ2) is 6.17. The van der Waals surface area contributed by atoms with Crippen LogP contribution in [0.4, 0.5) is 0 Å². The van der Waals surface area contributed by atoms with Crippen molar-refractivity contribution in [2.24, 2.45) is 0 Å². The van der Waals surface area contributed by atoms with Crippen LogP contribution in [0.5, 0.6) is 0 Å². The average molecular weight is 262 g/mol. The summed E-state index contributed by atoms with van der Waals surface area (Å²) in [5.74, 6) is 0.111. The summed E-state index contributed by atoms with van der Waals surface area (Å²) < 4.78 is 5.30. The van der Waals surface area contributed by atoms with Gasteiger partial charge in [-0.3, -0.25) is 4.79 Å². The number of ether oxygens (including phenoxy) is 1. The number of amides is 1. The summed E-state index contributed by atoms with van der Waals surface area (Å²) in [6.07, 6.45) is 1.12. The van der Waals surface area contributed by atoms with Gasteiger partial charge in [0.05, 0.1) is 6.10 Å². The Morgan fingerprint density at radius 2 is 2.26 bits per heavy atom. The third kappa shape index (κ3) is 3.55. The Morgan fingerprint density at radius 3 is 2.89 bits per heavy atom. The Bertz CT molecular complexity index is 446. The molecule has 0 aromatic heterocycles. The Kier molecular flexibility index (Phi) is 4.56. The Labute approximate surface area is 115 Å². The van der Waals surface area contributed by atoms with Gasteiger partial charge in [-0.2, -0.15) is 0 Å². The minimum absolute atomic E-state index is 0.111. The van der Waals surface area contributed by atoms with Crippen LogP contribution in [0.1, 0.15) is 22.3 Å². The summed E-state index contributed by atoms with van der Waals surface area (Å²) in [7, 11) is 5.76. The Hall–Kier alpha value is -1.39. The first-order valence-electron chi connectivity index (χ1n) is 6.66. The van der Waals surface area contributed by atoms with Gasteiger partial charge in [-0.25, -0.2) is 0 Å². The van der Waals surface area contributed by atoms with Gasteiger partial charge in [0, 0.05) is 32.3 Å². The van der Waals surface area contributed by atoms with E-state index in [2.05, 4.69) is 11.0 Å². The molecule has 1 saturated heterocycles. The molecule has 0 aliphatic carbocycles. The fraction of sp³-hybridized carbons (Fsp3) is 0.533. The van der Waals surface area contributed by atoms with E-state index in [0.717, 1.165) is 25.1 Å². The van der Waals surface area contributed by atoms with E-state index in [0.29, 0.717) is 6.54 Å². The van der Waals surface area contributed by atoms with Crippen molar-refractivity contribution in [3.63, 3.8) is 0 Å². The van der Waals surface area contributed by atoms with E-state index in [-0.39, 0.29) is 12.0 Å². The zero-order chi connectivity index (χ0) is 13.8. The van der Waals surface area contributed by atoms with E-state index >= 15 is 0 Å². The minimum Gasteiger partial charge on any atom is -0.380 e. The highest BCUT2D eigenvalue weighted by Gasteiger charge is 2.26. The molecule has 4 nitrogen and oxygen atoms in total. The normalized spacial score (nSPS) is 19.2. The molecule has 1 atom stereocenters. The molecule has 1 aromatic carbocycles. The molecular formula is C15H22N2O2. The van der Waals surface area contributed by atoms with Gasteiger partial charge >= 0.3 is 0 Å². The monoisotopic (exact) mass is 262 g/mol. The van der Waals surface area contributed by atoms with Crippen molar-refractivity contribution in [1.82, 2.24) is 9.80 Å². The molecule has 0 N–H and O–H groups in total. The van der Waals surface area contributed by atoms with Gasteiger partial charge in [0.25, 0.3) is 5.91 Å². The fourth-order valence-electron chi connectivity index (χ4n) is 2.46. The van der Waals surface area contributed by atoms with Crippen molar-refractivity contribution in [3.05, 3.63) is 35.4 Å². The lowest BCUT2D eigenvalue weighted by Crippen LogP contribution is -2.30. The SMILES string of the molecule is CO[C@H]1CCN(C(=O)c2cccc(CN(C)C)c2)C1. The zero-order valence-electron chi connectivity index (χ0n) is 11.9.